The number of thiophene rings is 1. The predicted molar refractivity (Wildman–Crippen MR) is 129 cm³/mol. The summed E-state index contributed by atoms with van der Waals surface area (Å²) in [6.45, 7) is 3.68. The Bertz CT molecular complexity index is 1560. The molecule has 0 aliphatic heterocycles. The second-order valence-electron chi connectivity index (χ2n) is 7.85. The maximum absolute atomic E-state index is 13.3. The molecule has 0 radical (unpaired) electrons. The van der Waals surface area contributed by atoms with E-state index in [4.69, 9.17) is 5.73 Å². The molecule has 0 unspecified atom stereocenters. The van der Waals surface area contributed by atoms with Gasteiger partial charge in [0.05, 0.1) is 18.3 Å². The molecular weight excluding hydrogens is 442 g/mol. The van der Waals surface area contributed by atoms with Crippen molar-refractivity contribution < 1.29 is 4.79 Å². The SMILES string of the molecule is CCCn1c(N)c(C(=O)Cn2cnc3scc(-c4ccc(C)cc4)c3c2=O)c(=O)n(C)c1=O. The van der Waals surface area contributed by atoms with Gasteiger partial charge in [-0.25, -0.2) is 9.78 Å². The molecule has 0 atom stereocenters. The van der Waals surface area contributed by atoms with Crippen molar-refractivity contribution in [1.82, 2.24) is 18.7 Å². The molecule has 9 nitrogen and oxygen atoms in total. The van der Waals surface area contributed by atoms with Crippen molar-refractivity contribution in [3.05, 3.63) is 78.3 Å². The summed E-state index contributed by atoms with van der Waals surface area (Å²) in [6.07, 6.45) is 1.89. The zero-order valence-electron chi connectivity index (χ0n) is 18.5. The highest BCUT2D eigenvalue weighted by atomic mass is 32.1. The van der Waals surface area contributed by atoms with Crippen LogP contribution in [-0.4, -0.2) is 24.5 Å². The summed E-state index contributed by atoms with van der Waals surface area (Å²) in [7, 11) is 1.30. The van der Waals surface area contributed by atoms with Crippen molar-refractivity contribution in [2.45, 2.75) is 33.4 Å². The Balaban J connectivity index is 1.80. The number of aromatic nitrogens is 4. The van der Waals surface area contributed by atoms with E-state index in [-0.39, 0.29) is 23.5 Å². The van der Waals surface area contributed by atoms with E-state index in [0.717, 1.165) is 21.3 Å². The van der Waals surface area contributed by atoms with Crippen LogP contribution in [0.25, 0.3) is 21.3 Å². The molecule has 10 heteroatoms. The van der Waals surface area contributed by atoms with Crippen molar-refractivity contribution in [2.75, 3.05) is 5.73 Å². The lowest BCUT2D eigenvalue weighted by Gasteiger charge is -2.14. The van der Waals surface area contributed by atoms with E-state index in [1.165, 1.54) is 33.8 Å². The van der Waals surface area contributed by atoms with Gasteiger partial charge in [0.25, 0.3) is 11.1 Å². The molecule has 3 aromatic heterocycles. The van der Waals surface area contributed by atoms with Gasteiger partial charge in [0.15, 0.2) is 5.78 Å². The Morgan fingerprint density at radius 1 is 1.12 bits per heavy atom. The van der Waals surface area contributed by atoms with Crippen LogP contribution in [0.2, 0.25) is 0 Å². The maximum atomic E-state index is 13.3. The Kier molecular flexibility index (Phi) is 5.86. The van der Waals surface area contributed by atoms with Gasteiger partial charge in [-0.05, 0) is 18.9 Å². The average molecular weight is 466 g/mol. The summed E-state index contributed by atoms with van der Waals surface area (Å²) >= 11 is 1.35. The highest BCUT2D eigenvalue weighted by molar-refractivity contribution is 7.17. The third-order valence-corrected chi connectivity index (χ3v) is 6.43. The molecule has 1 aromatic carbocycles. The van der Waals surface area contributed by atoms with E-state index in [9.17, 15) is 19.2 Å². The summed E-state index contributed by atoms with van der Waals surface area (Å²) in [5.74, 6) is -0.846. The topological polar surface area (TPSA) is 122 Å². The number of benzene rings is 1. The fourth-order valence-electron chi connectivity index (χ4n) is 3.74. The molecule has 33 heavy (non-hydrogen) atoms. The largest absolute Gasteiger partial charge is 0.384 e. The molecule has 0 amide bonds. The van der Waals surface area contributed by atoms with Gasteiger partial charge in [0.2, 0.25) is 0 Å². The van der Waals surface area contributed by atoms with Crippen LogP contribution in [0.3, 0.4) is 0 Å². The summed E-state index contributed by atoms with van der Waals surface area (Å²) < 4.78 is 3.23. The maximum Gasteiger partial charge on any atom is 0.332 e. The third kappa shape index (κ3) is 3.82. The van der Waals surface area contributed by atoms with Crippen molar-refractivity contribution in [3.63, 3.8) is 0 Å². The van der Waals surface area contributed by atoms with Crippen LogP contribution < -0.4 is 22.5 Å². The van der Waals surface area contributed by atoms with Gasteiger partial charge in [-0.2, -0.15) is 0 Å². The number of carbonyl (C=O) groups is 1. The van der Waals surface area contributed by atoms with Crippen LogP contribution in [0.15, 0.2) is 50.4 Å². The van der Waals surface area contributed by atoms with Crippen LogP contribution >= 0.6 is 11.3 Å². The second-order valence-corrected chi connectivity index (χ2v) is 8.71. The zero-order valence-corrected chi connectivity index (χ0v) is 19.3. The van der Waals surface area contributed by atoms with Crippen molar-refractivity contribution >= 4 is 33.2 Å². The summed E-state index contributed by atoms with van der Waals surface area (Å²) in [4.78, 5) is 56.3. The molecule has 0 aliphatic rings. The molecule has 0 saturated heterocycles. The van der Waals surface area contributed by atoms with Crippen LogP contribution in [-0.2, 0) is 20.1 Å². The van der Waals surface area contributed by atoms with E-state index in [1.54, 1.807) is 0 Å². The summed E-state index contributed by atoms with van der Waals surface area (Å²) in [5, 5.41) is 2.28. The normalized spacial score (nSPS) is 11.2. The summed E-state index contributed by atoms with van der Waals surface area (Å²) in [5.41, 5.74) is 6.70. The quantitative estimate of drug-likeness (QED) is 0.436. The number of rotatable bonds is 6. The number of aryl methyl sites for hydroxylation is 1. The number of ketones is 1. The Morgan fingerprint density at radius 3 is 2.48 bits per heavy atom. The standard InChI is InChI=1S/C23H23N5O4S/c1-4-9-28-19(24)18(21(30)26(3)23(28)32)16(29)10-27-12-25-20-17(22(27)31)15(11-33-20)14-7-5-13(2)6-8-14/h5-8,11-12H,4,9-10,24H2,1-3H3. The minimum Gasteiger partial charge on any atom is -0.384 e. The number of anilines is 1. The highest BCUT2D eigenvalue weighted by Gasteiger charge is 2.23. The Labute approximate surface area is 192 Å². The van der Waals surface area contributed by atoms with E-state index < -0.39 is 23.6 Å². The molecule has 2 N–H and O–H groups in total. The molecule has 170 valence electrons. The summed E-state index contributed by atoms with van der Waals surface area (Å²) in [6, 6.07) is 7.78. The van der Waals surface area contributed by atoms with Crippen molar-refractivity contribution in [2.24, 2.45) is 7.05 Å². The number of hydrogen-bond donors (Lipinski definition) is 1. The molecule has 0 saturated carbocycles. The zero-order chi connectivity index (χ0) is 23.9. The van der Waals surface area contributed by atoms with Gasteiger partial charge in [0.1, 0.15) is 16.2 Å². The minimum atomic E-state index is -0.784. The second kappa shape index (κ2) is 8.62. The van der Waals surface area contributed by atoms with E-state index in [2.05, 4.69) is 4.98 Å². The molecule has 3 heterocycles. The van der Waals surface area contributed by atoms with Gasteiger partial charge in [-0.1, -0.05) is 36.8 Å². The van der Waals surface area contributed by atoms with Gasteiger partial charge < -0.3 is 5.73 Å². The van der Waals surface area contributed by atoms with Crippen molar-refractivity contribution in [3.8, 4) is 11.1 Å². The number of carbonyl (C=O) groups excluding carboxylic acids is 1. The molecule has 0 spiro atoms. The first-order valence-electron chi connectivity index (χ1n) is 10.4. The molecule has 4 rings (SSSR count). The van der Waals surface area contributed by atoms with E-state index in [1.807, 2.05) is 43.5 Å². The van der Waals surface area contributed by atoms with Crippen LogP contribution in [0, 0.1) is 6.92 Å². The lowest BCUT2D eigenvalue weighted by molar-refractivity contribution is 0.0968. The first-order chi connectivity index (χ1) is 15.7. The van der Waals surface area contributed by atoms with Gasteiger partial charge in [-0.15, -0.1) is 11.3 Å². The molecule has 4 aromatic rings. The fraction of sp³-hybridized carbons (Fsp3) is 0.261. The number of nitrogen functional groups attached to an aromatic ring is 1. The molecule has 0 aliphatic carbocycles. The molecule has 0 bridgehead atoms. The number of hydrogen-bond acceptors (Lipinski definition) is 7. The van der Waals surface area contributed by atoms with Crippen LogP contribution in [0.5, 0.6) is 0 Å². The number of Topliss-reactive ketones (excluding diaryl/α,β-unsaturated/α-hetero) is 1. The lowest BCUT2D eigenvalue weighted by Crippen LogP contribution is -2.43. The first kappa shape index (κ1) is 22.4. The third-order valence-electron chi connectivity index (χ3n) is 5.55. The van der Waals surface area contributed by atoms with Crippen LogP contribution in [0.1, 0.15) is 29.3 Å². The average Bonchev–Trinajstić information content (AvgIpc) is 3.23. The molecular formula is C23H23N5O4S. The number of nitrogens with two attached hydrogens (primary N) is 1. The van der Waals surface area contributed by atoms with E-state index >= 15 is 0 Å². The van der Waals surface area contributed by atoms with Gasteiger partial charge >= 0.3 is 5.69 Å². The van der Waals surface area contributed by atoms with Crippen molar-refractivity contribution in [1.29, 1.82) is 0 Å². The monoisotopic (exact) mass is 465 g/mol. The van der Waals surface area contributed by atoms with Gasteiger partial charge in [-0.3, -0.25) is 28.1 Å². The Morgan fingerprint density at radius 2 is 1.82 bits per heavy atom. The highest BCUT2D eigenvalue weighted by Crippen LogP contribution is 2.30. The fourth-order valence-corrected chi connectivity index (χ4v) is 4.65. The number of fused-ring (bicyclic) bond motifs is 1. The lowest BCUT2D eigenvalue weighted by atomic mass is 10.1. The molecule has 0 fully saturated rings. The predicted octanol–water partition coefficient (Wildman–Crippen LogP) is 2.17. The minimum absolute atomic E-state index is 0.187. The first-order valence-corrected chi connectivity index (χ1v) is 11.3. The Hall–Kier alpha value is -3.79. The van der Waals surface area contributed by atoms with Crippen LogP contribution in [0.4, 0.5) is 5.82 Å². The van der Waals surface area contributed by atoms with Gasteiger partial charge in [0, 0.05) is 24.5 Å². The van der Waals surface area contributed by atoms with E-state index in [0.29, 0.717) is 16.6 Å². The smallest absolute Gasteiger partial charge is 0.332 e. The number of nitrogens with zero attached hydrogens (tertiary/aromatic N) is 4.